The molecule has 5 nitrogen and oxygen atoms in total. The summed E-state index contributed by atoms with van der Waals surface area (Å²) >= 11 is 0. The molecule has 1 fully saturated rings. The molecule has 0 unspecified atom stereocenters. The Morgan fingerprint density at radius 1 is 1.43 bits per heavy atom. The SMILES string of the molecule is CC(C)(C)n1cc(CN2CCCC[C@H]2C(=O)NCC(F)F)cn1. The number of rotatable bonds is 5. The molecule has 2 rings (SSSR count). The fourth-order valence-electron chi connectivity index (χ4n) is 2.82. The summed E-state index contributed by atoms with van der Waals surface area (Å²) in [6.07, 6.45) is 3.97. The number of piperidine rings is 1. The molecule has 1 aromatic heterocycles. The van der Waals surface area contributed by atoms with E-state index in [1.54, 1.807) is 0 Å². The smallest absolute Gasteiger partial charge is 0.255 e. The molecule has 1 atom stereocenters. The predicted molar refractivity (Wildman–Crippen MR) is 84.3 cm³/mol. The molecule has 0 saturated carbocycles. The van der Waals surface area contributed by atoms with E-state index in [0.29, 0.717) is 13.0 Å². The molecule has 0 aliphatic carbocycles. The van der Waals surface area contributed by atoms with Crippen LogP contribution in [0, 0.1) is 0 Å². The van der Waals surface area contributed by atoms with E-state index in [1.165, 1.54) is 0 Å². The van der Waals surface area contributed by atoms with E-state index in [0.717, 1.165) is 24.9 Å². The lowest BCUT2D eigenvalue weighted by Gasteiger charge is -2.34. The van der Waals surface area contributed by atoms with Crippen molar-refractivity contribution in [3.05, 3.63) is 18.0 Å². The molecule has 1 N–H and O–H groups in total. The quantitative estimate of drug-likeness (QED) is 0.903. The van der Waals surface area contributed by atoms with Gasteiger partial charge in [-0.15, -0.1) is 0 Å². The summed E-state index contributed by atoms with van der Waals surface area (Å²) in [5.74, 6) is -0.298. The van der Waals surface area contributed by atoms with Crippen molar-refractivity contribution >= 4 is 5.91 Å². The molecule has 130 valence electrons. The number of halogens is 2. The zero-order valence-corrected chi connectivity index (χ0v) is 14.1. The molecular weight excluding hydrogens is 302 g/mol. The Kier molecular flexibility index (Phi) is 5.73. The number of nitrogens with one attached hydrogen (secondary N) is 1. The van der Waals surface area contributed by atoms with Crippen molar-refractivity contribution in [1.82, 2.24) is 20.0 Å². The summed E-state index contributed by atoms with van der Waals surface area (Å²) in [7, 11) is 0. The van der Waals surface area contributed by atoms with Crippen LogP contribution in [0.4, 0.5) is 8.78 Å². The van der Waals surface area contributed by atoms with E-state index in [9.17, 15) is 13.6 Å². The van der Waals surface area contributed by atoms with Gasteiger partial charge in [0.1, 0.15) is 0 Å². The van der Waals surface area contributed by atoms with Crippen LogP contribution in [-0.2, 0) is 16.9 Å². The van der Waals surface area contributed by atoms with E-state index >= 15 is 0 Å². The maximum atomic E-state index is 12.3. The maximum Gasteiger partial charge on any atom is 0.255 e. The van der Waals surface area contributed by atoms with Crippen molar-refractivity contribution < 1.29 is 13.6 Å². The summed E-state index contributed by atoms with van der Waals surface area (Å²) in [5, 5.41) is 6.72. The fourth-order valence-corrected chi connectivity index (χ4v) is 2.82. The molecule has 1 amide bonds. The van der Waals surface area contributed by atoms with Crippen LogP contribution in [0.15, 0.2) is 12.4 Å². The highest BCUT2D eigenvalue weighted by atomic mass is 19.3. The van der Waals surface area contributed by atoms with E-state index in [-0.39, 0.29) is 17.5 Å². The molecule has 0 bridgehead atoms. The molecule has 1 aromatic rings. The van der Waals surface area contributed by atoms with Crippen molar-refractivity contribution in [3.63, 3.8) is 0 Å². The minimum absolute atomic E-state index is 0.0891. The first-order chi connectivity index (χ1) is 10.8. The molecule has 2 heterocycles. The van der Waals surface area contributed by atoms with Crippen LogP contribution in [0.1, 0.15) is 45.6 Å². The largest absolute Gasteiger partial charge is 0.349 e. The minimum Gasteiger partial charge on any atom is -0.349 e. The predicted octanol–water partition coefficient (Wildman–Crippen LogP) is 2.37. The number of carbonyl (C=O) groups is 1. The lowest BCUT2D eigenvalue weighted by molar-refractivity contribution is -0.128. The highest BCUT2D eigenvalue weighted by molar-refractivity contribution is 5.81. The summed E-state index contributed by atoms with van der Waals surface area (Å²) in [5.41, 5.74) is 0.947. The Hall–Kier alpha value is -1.50. The van der Waals surface area contributed by atoms with Crippen LogP contribution in [0.2, 0.25) is 0 Å². The highest BCUT2D eigenvalue weighted by Gasteiger charge is 2.29. The first kappa shape index (κ1) is 17.8. The van der Waals surface area contributed by atoms with Gasteiger partial charge < -0.3 is 5.32 Å². The van der Waals surface area contributed by atoms with Crippen molar-refractivity contribution in [3.8, 4) is 0 Å². The summed E-state index contributed by atoms with van der Waals surface area (Å²) in [6.45, 7) is 7.06. The number of nitrogens with zero attached hydrogens (tertiary/aromatic N) is 3. The van der Waals surface area contributed by atoms with Crippen molar-refractivity contribution in [2.45, 2.75) is 64.6 Å². The van der Waals surface area contributed by atoms with Gasteiger partial charge in [-0.25, -0.2) is 8.78 Å². The molecular formula is C16H26F2N4O. The lowest BCUT2D eigenvalue weighted by atomic mass is 10.0. The third-order valence-corrected chi connectivity index (χ3v) is 4.06. The van der Waals surface area contributed by atoms with Gasteiger partial charge in [-0.2, -0.15) is 5.10 Å². The first-order valence-electron chi connectivity index (χ1n) is 8.11. The maximum absolute atomic E-state index is 12.3. The van der Waals surface area contributed by atoms with Crippen LogP contribution in [-0.4, -0.2) is 46.1 Å². The van der Waals surface area contributed by atoms with E-state index in [4.69, 9.17) is 0 Å². The van der Waals surface area contributed by atoms with Crippen molar-refractivity contribution in [1.29, 1.82) is 0 Å². The molecule has 1 aliphatic heterocycles. The number of hydrogen-bond donors (Lipinski definition) is 1. The number of alkyl halides is 2. The number of aromatic nitrogens is 2. The Balaban J connectivity index is 2.01. The van der Waals surface area contributed by atoms with Gasteiger partial charge in [0.05, 0.1) is 24.3 Å². The molecule has 23 heavy (non-hydrogen) atoms. The summed E-state index contributed by atoms with van der Waals surface area (Å²) in [6, 6.07) is -0.333. The first-order valence-corrected chi connectivity index (χ1v) is 8.11. The minimum atomic E-state index is -2.51. The van der Waals surface area contributed by atoms with Gasteiger partial charge in [-0.05, 0) is 40.2 Å². The van der Waals surface area contributed by atoms with Gasteiger partial charge in [-0.3, -0.25) is 14.4 Å². The molecule has 1 saturated heterocycles. The van der Waals surface area contributed by atoms with Crippen LogP contribution < -0.4 is 5.32 Å². The number of carbonyl (C=O) groups excluding carboxylic acids is 1. The van der Waals surface area contributed by atoms with Gasteiger partial charge in [0.2, 0.25) is 5.91 Å². The Labute approximate surface area is 136 Å². The zero-order valence-electron chi connectivity index (χ0n) is 14.1. The molecule has 0 spiro atoms. The second-order valence-corrected chi connectivity index (χ2v) is 7.08. The van der Waals surface area contributed by atoms with E-state index in [2.05, 4.69) is 36.1 Å². The van der Waals surface area contributed by atoms with Crippen molar-refractivity contribution in [2.24, 2.45) is 0 Å². The second kappa shape index (κ2) is 7.38. The van der Waals surface area contributed by atoms with Gasteiger partial charge in [0.15, 0.2) is 0 Å². The van der Waals surface area contributed by atoms with Crippen molar-refractivity contribution in [2.75, 3.05) is 13.1 Å². The van der Waals surface area contributed by atoms with Gasteiger partial charge in [-0.1, -0.05) is 6.42 Å². The van der Waals surface area contributed by atoms with Crippen LogP contribution in [0.3, 0.4) is 0 Å². The van der Waals surface area contributed by atoms with E-state index < -0.39 is 13.0 Å². The number of amides is 1. The topological polar surface area (TPSA) is 50.2 Å². The van der Waals surface area contributed by atoms with Gasteiger partial charge >= 0.3 is 0 Å². The zero-order chi connectivity index (χ0) is 17.0. The highest BCUT2D eigenvalue weighted by Crippen LogP contribution is 2.21. The Bertz CT molecular complexity index is 524. The summed E-state index contributed by atoms with van der Waals surface area (Å²) < 4.78 is 26.5. The average Bonchev–Trinajstić information content (AvgIpc) is 2.94. The van der Waals surface area contributed by atoms with E-state index in [1.807, 2.05) is 17.1 Å². The molecule has 1 aliphatic rings. The second-order valence-electron chi connectivity index (χ2n) is 7.08. The standard InChI is InChI=1S/C16H26F2N4O/c1-16(2,3)22-11-12(8-20-22)10-21-7-5-4-6-13(21)15(23)19-9-14(17)18/h8,11,13-14H,4-7,9-10H2,1-3H3,(H,19,23)/t13-/m0/s1. The Morgan fingerprint density at radius 3 is 2.78 bits per heavy atom. The number of hydrogen-bond acceptors (Lipinski definition) is 3. The van der Waals surface area contributed by atoms with Crippen LogP contribution >= 0.6 is 0 Å². The normalized spacial score (nSPS) is 20.0. The fraction of sp³-hybridized carbons (Fsp3) is 0.750. The molecule has 0 radical (unpaired) electrons. The third-order valence-electron chi connectivity index (χ3n) is 4.06. The molecule has 7 heteroatoms. The van der Waals surface area contributed by atoms with Crippen LogP contribution in [0.5, 0.6) is 0 Å². The summed E-state index contributed by atoms with van der Waals surface area (Å²) in [4.78, 5) is 14.2. The lowest BCUT2D eigenvalue weighted by Crippen LogP contribution is -2.49. The van der Waals surface area contributed by atoms with Gasteiger partial charge in [0.25, 0.3) is 6.43 Å². The monoisotopic (exact) mass is 328 g/mol. The Morgan fingerprint density at radius 2 is 2.17 bits per heavy atom. The number of likely N-dealkylation sites (tertiary alicyclic amines) is 1. The molecule has 0 aromatic carbocycles. The average molecular weight is 328 g/mol. The third kappa shape index (κ3) is 4.99. The van der Waals surface area contributed by atoms with Gasteiger partial charge in [0, 0.05) is 18.3 Å². The van der Waals surface area contributed by atoms with Crippen LogP contribution in [0.25, 0.3) is 0 Å².